The third kappa shape index (κ3) is 1.99. The number of amides is 1. The van der Waals surface area contributed by atoms with E-state index in [0.29, 0.717) is 10.9 Å². The lowest BCUT2D eigenvalue weighted by Gasteiger charge is -2.06. The minimum absolute atomic E-state index is 0.125. The van der Waals surface area contributed by atoms with Gasteiger partial charge in [0.15, 0.2) is 5.76 Å². The monoisotopic (exact) mass is 255 g/mol. The summed E-state index contributed by atoms with van der Waals surface area (Å²) >= 11 is 0. The fourth-order valence-corrected chi connectivity index (χ4v) is 1.72. The first kappa shape index (κ1) is 11.2. The molecule has 1 N–H and O–H groups in total. The average molecular weight is 255 g/mol. The molecule has 0 atom stereocenters. The lowest BCUT2D eigenvalue weighted by molar-refractivity contribution is 0.0980. The van der Waals surface area contributed by atoms with Crippen LogP contribution in [0.5, 0.6) is 0 Å². The Balaban J connectivity index is 2.00. The number of nitrogens with zero attached hydrogens (tertiary/aromatic N) is 2. The quantitative estimate of drug-likeness (QED) is 0.750. The number of carbonyl (C=O) groups excluding carboxylic acids is 1. The number of rotatable bonds is 2. The van der Waals surface area contributed by atoms with Gasteiger partial charge in [-0.15, -0.1) is 0 Å². The minimum atomic E-state index is -0.510. The number of nitrogens with one attached hydrogen (secondary N) is 1. The zero-order chi connectivity index (χ0) is 13.2. The molecule has 0 spiro atoms. The van der Waals surface area contributed by atoms with Crippen LogP contribution >= 0.6 is 0 Å². The van der Waals surface area contributed by atoms with Crippen LogP contribution in [0.4, 0.5) is 0 Å². The van der Waals surface area contributed by atoms with Crippen molar-refractivity contribution in [3.05, 3.63) is 65.1 Å². The molecule has 0 saturated heterocycles. The summed E-state index contributed by atoms with van der Waals surface area (Å²) < 4.78 is 5.98. The summed E-state index contributed by atoms with van der Waals surface area (Å²) in [5.74, 6) is -0.385. The van der Waals surface area contributed by atoms with E-state index in [1.807, 2.05) is 0 Å². The van der Waals surface area contributed by atoms with E-state index in [2.05, 4.69) is 10.4 Å². The smallest absolute Gasteiger partial charge is 0.305 e. The molecule has 0 bridgehead atoms. The predicted octanol–water partition coefficient (Wildman–Crippen LogP) is 1.37. The van der Waals surface area contributed by atoms with Crippen LogP contribution in [0.15, 0.2) is 58.2 Å². The molecule has 19 heavy (non-hydrogen) atoms. The lowest BCUT2D eigenvalue weighted by atomic mass is 10.2. The molecule has 0 aliphatic carbocycles. The third-order valence-corrected chi connectivity index (χ3v) is 2.63. The van der Waals surface area contributed by atoms with Crippen molar-refractivity contribution in [2.75, 3.05) is 5.43 Å². The van der Waals surface area contributed by atoms with Crippen LogP contribution in [-0.4, -0.2) is 15.6 Å². The molecule has 0 fully saturated rings. The van der Waals surface area contributed by atoms with Gasteiger partial charge >= 0.3 is 5.91 Å². The molecule has 94 valence electrons. The fraction of sp³-hybridized carbons (Fsp3) is 0. The minimum Gasteiger partial charge on any atom is -0.459 e. The number of para-hydroxylation sites is 1. The molecule has 0 saturated carbocycles. The van der Waals surface area contributed by atoms with Crippen LogP contribution in [0, 0.1) is 0 Å². The van der Waals surface area contributed by atoms with Gasteiger partial charge < -0.3 is 4.42 Å². The molecule has 1 amide bonds. The molecule has 0 aliphatic heterocycles. The maximum Gasteiger partial charge on any atom is 0.305 e. The highest BCUT2D eigenvalue weighted by molar-refractivity contribution is 5.97. The Bertz CT molecular complexity index is 790. The van der Waals surface area contributed by atoms with Crippen molar-refractivity contribution in [1.29, 1.82) is 0 Å². The van der Waals surface area contributed by atoms with Crippen LogP contribution in [0.3, 0.4) is 0 Å². The van der Waals surface area contributed by atoms with Crippen molar-refractivity contribution >= 4 is 16.8 Å². The summed E-state index contributed by atoms with van der Waals surface area (Å²) in [5, 5.41) is 0.435. The van der Waals surface area contributed by atoms with Gasteiger partial charge in [-0.2, -0.15) is 0 Å². The molecule has 2 heterocycles. The van der Waals surface area contributed by atoms with Gasteiger partial charge in [0.1, 0.15) is 6.33 Å². The summed E-state index contributed by atoms with van der Waals surface area (Å²) in [6.07, 6.45) is 2.65. The number of benzene rings is 1. The maximum atomic E-state index is 12.1. The van der Waals surface area contributed by atoms with E-state index in [-0.39, 0.29) is 11.3 Å². The van der Waals surface area contributed by atoms with Crippen LogP contribution in [0.2, 0.25) is 0 Å². The van der Waals surface area contributed by atoms with E-state index in [9.17, 15) is 9.59 Å². The van der Waals surface area contributed by atoms with E-state index in [4.69, 9.17) is 4.42 Å². The summed E-state index contributed by atoms with van der Waals surface area (Å²) in [4.78, 5) is 28.0. The maximum absolute atomic E-state index is 12.1. The molecule has 2 aromatic heterocycles. The number of aromatic nitrogens is 2. The van der Waals surface area contributed by atoms with Crippen molar-refractivity contribution in [2.45, 2.75) is 0 Å². The molecule has 3 aromatic rings. The largest absolute Gasteiger partial charge is 0.459 e. The van der Waals surface area contributed by atoms with E-state index >= 15 is 0 Å². The Hall–Kier alpha value is -2.89. The molecular weight excluding hydrogens is 246 g/mol. The first-order chi connectivity index (χ1) is 9.25. The van der Waals surface area contributed by atoms with Gasteiger partial charge in [0, 0.05) is 0 Å². The van der Waals surface area contributed by atoms with Crippen LogP contribution < -0.4 is 11.0 Å². The van der Waals surface area contributed by atoms with Crippen molar-refractivity contribution in [3.8, 4) is 0 Å². The highest BCUT2D eigenvalue weighted by atomic mass is 16.3. The number of carbonyl (C=O) groups is 1. The Morgan fingerprint density at radius 2 is 2.05 bits per heavy atom. The number of furan rings is 1. The second-order valence-electron chi connectivity index (χ2n) is 3.86. The highest BCUT2D eigenvalue weighted by Gasteiger charge is 2.10. The average Bonchev–Trinajstić information content (AvgIpc) is 2.96. The number of hydrogen-bond acceptors (Lipinski definition) is 4. The van der Waals surface area contributed by atoms with Crippen LogP contribution in [0.25, 0.3) is 10.9 Å². The van der Waals surface area contributed by atoms with Gasteiger partial charge in [-0.25, -0.2) is 9.66 Å². The van der Waals surface area contributed by atoms with Crippen molar-refractivity contribution in [1.82, 2.24) is 9.66 Å². The zero-order valence-corrected chi connectivity index (χ0v) is 9.74. The Morgan fingerprint density at radius 1 is 1.21 bits per heavy atom. The zero-order valence-electron chi connectivity index (χ0n) is 9.74. The molecule has 6 nitrogen and oxygen atoms in total. The van der Waals surface area contributed by atoms with Gasteiger partial charge in [0.2, 0.25) is 0 Å². The fourth-order valence-electron chi connectivity index (χ4n) is 1.72. The van der Waals surface area contributed by atoms with E-state index in [1.165, 1.54) is 18.7 Å². The van der Waals surface area contributed by atoms with Crippen LogP contribution in [0.1, 0.15) is 10.6 Å². The molecule has 0 aliphatic rings. The van der Waals surface area contributed by atoms with Gasteiger partial charge in [-0.3, -0.25) is 15.0 Å². The Morgan fingerprint density at radius 3 is 2.84 bits per heavy atom. The number of fused-ring (bicyclic) bond motifs is 1. The second-order valence-corrected chi connectivity index (χ2v) is 3.86. The highest BCUT2D eigenvalue weighted by Crippen LogP contribution is 2.04. The van der Waals surface area contributed by atoms with Crippen LogP contribution in [-0.2, 0) is 0 Å². The Labute approximate surface area is 107 Å². The molecule has 0 radical (unpaired) electrons. The van der Waals surface area contributed by atoms with Gasteiger partial charge in [-0.1, -0.05) is 12.1 Å². The van der Waals surface area contributed by atoms with E-state index in [0.717, 1.165) is 4.68 Å². The van der Waals surface area contributed by atoms with E-state index < -0.39 is 5.91 Å². The van der Waals surface area contributed by atoms with Gasteiger partial charge in [0.05, 0.1) is 17.2 Å². The SMILES string of the molecule is O=C(Nn1cnc2ccccc2c1=O)c1ccco1. The Kier molecular flexibility index (Phi) is 2.60. The summed E-state index contributed by atoms with van der Waals surface area (Å²) in [5.41, 5.74) is 2.65. The summed E-state index contributed by atoms with van der Waals surface area (Å²) in [7, 11) is 0. The van der Waals surface area contributed by atoms with Crippen molar-refractivity contribution in [3.63, 3.8) is 0 Å². The predicted molar refractivity (Wildman–Crippen MR) is 68.4 cm³/mol. The standard InChI is InChI=1S/C13H9N3O3/c17-12(11-6-3-7-19-11)15-16-8-14-10-5-2-1-4-9(10)13(16)18/h1-8H,(H,15,17). The van der Waals surface area contributed by atoms with Crippen molar-refractivity contribution in [2.24, 2.45) is 0 Å². The second kappa shape index (κ2) is 4.41. The van der Waals surface area contributed by atoms with Gasteiger partial charge in [0.25, 0.3) is 5.56 Å². The topological polar surface area (TPSA) is 77.1 Å². The number of hydrogen-bond donors (Lipinski definition) is 1. The van der Waals surface area contributed by atoms with E-state index in [1.54, 1.807) is 30.3 Å². The first-order valence-corrected chi connectivity index (χ1v) is 5.57. The van der Waals surface area contributed by atoms with Crippen molar-refractivity contribution < 1.29 is 9.21 Å². The normalized spacial score (nSPS) is 10.5. The first-order valence-electron chi connectivity index (χ1n) is 5.57. The molecule has 3 rings (SSSR count). The molecule has 0 unspecified atom stereocenters. The van der Waals surface area contributed by atoms with Gasteiger partial charge in [-0.05, 0) is 24.3 Å². The molecule has 6 heteroatoms. The lowest BCUT2D eigenvalue weighted by Crippen LogP contribution is -2.33. The molecular formula is C13H9N3O3. The summed E-state index contributed by atoms with van der Waals surface area (Å²) in [6, 6.07) is 10.0. The third-order valence-electron chi connectivity index (χ3n) is 2.63. The molecule has 1 aromatic carbocycles. The summed E-state index contributed by atoms with van der Waals surface area (Å²) in [6.45, 7) is 0.